The van der Waals surface area contributed by atoms with Crippen LogP contribution in [-0.4, -0.2) is 64.2 Å². The van der Waals surface area contributed by atoms with Crippen LogP contribution in [-0.2, 0) is 4.79 Å². The van der Waals surface area contributed by atoms with Gasteiger partial charge in [0.2, 0.25) is 5.91 Å². The molecular formula is C17H27N5O2. The van der Waals surface area contributed by atoms with Crippen molar-refractivity contribution in [1.29, 1.82) is 0 Å². The molecule has 7 heteroatoms. The molecule has 0 radical (unpaired) electrons. The van der Waals surface area contributed by atoms with E-state index in [9.17, 15) is 9.90 Å². The smallest absolute Gasteiger partial charge is 0.222 e. The first-order valence-electron chi connectivity index (χ1n) is 8.91. The number of hydrogen-bond acceptors (Lipinski definition) is 6. The second-order valence-electron chi connectivity index (χ2n) is 6.78. The highest BCUT2D eigenvalue weighted by atomic mass is 16.3. The summed E-state index contributed by atoms with van der Waals surface area (Å²) in [6, 6.07) is 2.21. The third-order valence-electron chi connectivity index (χ3n) is 4.84. The summed E-state index contributed by atoms with van der Waals surface area (Å²) >= 11 is 0. The number of likely N-dealkylation sites (tertiary alicyclic amines) is 1. The minimum atomic E-state index is 0.129. The van der Waals surface area contributed by atoms with Crippen molar-refractivity contribution in [3.8, 4) is 0 Å². The Balaban J connectivity index is 1.63. The average molecular weight is 333 g/mol. The topological polar surface area (TPSA) is 81.6 Å². The number of amides is 1. The summed E-state index contributed by atoms with van der Waals surface area (Å²) < 4.78 is 0. The van der Waals surface area contributed by atoms with Crippen LogP contribution in [0.4, 0.5) is 11.6 Å². The maximum Gasteiger partial charge on any atom is 0.222 e. The molecule has 1 amide bonds. The Labute approximate surface area is 143 Å². The van der Waals surface area contributed by atoms with Gasteiger partial charge >= 0.3 is 0 Å². The van der Waals surface area contributed by atoms with E-state index in [0.29, 0.717) is 13.0 Å². The number of carbonyl (C=O) groups excluding carboxylic acids is 1. The summed E-state index contributed by atoms with van der Waals surface area (Å²) in [6.07, 6.45) is 6.46. The van der Waals surface area contributed by atoms with E-state index in [0.717, 1.165) is 50.4 Å². The monoisotopic (exact) mass is 333 g/mol. The number of aliphatic hydroxyl groups is 1. The largest absolute Gasteiger partial charge is 0.394 e. The molecule has 2 atom stereocenters. The average Bonchev–Trinajstić information content (AvgIpc) is 2.99. The molecule has 2 aliphatic heterocycles. The van der Waals surface area contributed by atoms with Crippen LogP contribution in [0.1, 0.15) is 39.0 Å². The minimum absolute atomic E-state index is 0.129. The summed E-state index contributed by atoms with van der Waals surface area (Å²) in [7, 11) is 0. The van der Waals surface area contributed by atoms with Crippen LogP contribution in [0.3, 0.4) is 0 Å². The van der Waals surface area contributed by atoms with Gasteiger partial charge in [-0.05, 0) is 32.6 Å². The Morgan fingerprint density at radius 1 is 1.33 bits per heavy atom. The van der Waals surface area contributed by atoms with Crippen LogP contribution in [0.25, 0.3) is 0 Å². The van der Waals surface area contributed by atoms with Gasteiger partial charge in [0.1, 0.15) is 18.0 Å². The standard InChI is InChI=1S/C17H27N5O2/c1-13(10-21-7-4-6-17(21)24)20-15-9-16(19-12-18-15)22-8-3-2-5-14(22)11-23/h9,12-14,23H,2-8,10-11H2,1H3,(H,18,19,20). The molecule has 2 saturated heterocycles. The van der Waals surface area contributed by atoms with E-state index >= 15 is 0 Å². The number of nitrogens with zero attached hydrogens (tertiary/aromatic N) is 4. The minimum Gasteiger partial charge on any atom is -0.394 e. The van der Waals surface area contributed by atoms with E-state index < -0.39 is 0 Å². The van der Waals surface area contributed by atoms with Gasteiger partial charge in [-0.15, -0.1) is 0 Å². The Morgan fingerprint density at radius 2 is 2.21 bits per heavy atom. The molecule has 0 aromatic carbocycles. The van der Waals surface area contributed by atoms with Crippen molar-refractivity contribution in [3.05, 3.63) is 12.4 Å². The molecule has 7 nitrogen and oxygen atoms in total. The molecule has 0 aliphatic carbocycles. The van der Waals surface area contributed by atoms with E-state index in [4.69, 9.17) is 0 Å². The molecule has 3 heterocycles. The van der Waals surface area contributed by atoms with Crippen molar-refractivity contribution < 1.29 is 9.90 Å². The van der Waals surface area contributed by atoms with Crippen molar-refractivity contribution in [2.75, 3.05) is 36.5 Å². The van der Waals surface area contributed by atoms with Crippen molar-refractivity contribution in [3.63, 3.8) is 0 Å². The highest BCUT2D eigenvalue weighted by Gasteiger charge is 2.24. The number of piperidine rings is 1. The van der Waals surface area contributed by atoms with Crippen LogP contribution >= 0.6 is 0 Å². The summed E-state index contributed by atoms with van der Waals surface area (Å²) in [5.41, 5.74) is 0. The zero-order chi connectivity index (χ0) is 16.9. The second kappa shape index (κ2) is 7.79. The molecule has 2 N–H and O–H groups in total. The van der Waals surface area contributed by atoms with Crippen molar-refractivity contribution in [2.45, 2.75) is 51.1 Å². The van der Waals surface area contributed by atoms with E-state index in [1.54, 1.807) is 6.33 Å². The third-order valence-corrected chi connectivity index (χ3v) is 4.84. The van der Waals surface area contributed by atoms with Gasteiger partial charge in [0.25, 0.3) is 0 Å². The van der Waals surface area contributed by atoms with Gasteiger partial charge in [0.15, 0.2) is 0 Å². The lowest BCUT2D eigenvalue weighted by Gasteiger charge is -2.35. The van der Waals surface area contributed by atoms with E-state index in [2.05, 4.69) is 27.1 Å². The molecule has 2 unspecified atom stereocenters. The summed E-state index contributed by atoms with van der Waals surface area (Å²) in [6.45, 7) is 4.68. The van der Waals surface area contributed by atoms with Crippen molar-refractivity contribution >= 4 is 17.5 Å². The normalized spacial score (nSPS) is 22.8. The zero-order valence-corrected chi connectivity index (χ0v) is 14.3. The molecular weight excluding hydrogens is 306 g/mol. The Morgan fingerprint density at radius 3 is 2.96 bits per heavy atom. The second-order valence-corrected chi connectivity index (χ2v) is 6.78. The van der Waals surface area contributed by atoms with Crippen molar-refractivity contribution in [1.82, 2.24) is 14.9 Å². The summed E-state index contributed by atoms with van der Waals surface area (Å²) in [5.74, 6) is 1.86. The van der Waals surface area contributed by atoms with Gasteiger partial charge in [-0.3, -0.25) is 4.79 Å². The number of anilines is 2. The molecule has 0 saturated carbocycles. The molecule has 3 rings (SSSR count). The lowest BCUT2D eigenvalue weighted by molar-refractivity contribution is -0.127. The molecule has 132 valence electrons. The van der Waals surface area contributed by atoms with Gasteiger partial charge in [0, 0.05) is 38.2 Å². The van der Waals surface area contributed by atoms with Crippen LogP contribution in [0, 0.1) is 0 Å². The van der Waals surface area contributed by atoms with Gasteiger partial charge in [-0.2, -0.15) is 0 Å². The van der Waals surface area contributed by atoms with Crippen LogP contribution < -0.4 is 10.2 Å². The molecule has 2 aliphatic rings. The van der Waals surface area contributed by atoms with Crippen LogP contribution in [0.2, 0.25) is 0 Å². The fourth-order valence-corrected chi connectivity index (χ4v) is 3.60. The lowest BCUT2D eigenvalue weighted by Crippen LogP contribution is -2.42. The van der Waals surface area contributed by atoms with Gasteiger partial charge in [0.05, 0.1) is 12.6 Å². The molecule has 0 bridgehead atoms. The van der Waals surface area contributed by atoms with Crippen LogP contribution in [0.15, 0.2) is 12.4 Å². The first-order valence-corrected chi connectivity index (χ1v) is 8.91. The zero-order valence-electron chi connectivity index (χ0n) is 14.3. The maximum atomic E-state index is 11.7. The van der Waals surface area contributed by atoms with E-state index in [1.807, 2.05) is 11.0 Å². The molecule has 0 spiro atoms. The number of aromatic nitrogens is 2. The quantitative estimate of drug-likeness (QED) is 0.815. The van der Waals surface area contributed by atoms with Crippen LogP contribution in [0.5, 0.6) is 0 Å². The Bertz CT molecular complexity index is 568. The highest BCUT2D eigenvalue weighted by molar-refractivity contribution is 5.78. The van der Waals surface area contributed by atoms with Crippen molar-refractivity contribution in [2.24, 2.45) is 0 Å². The fraction of sp³-hybridized carbons (Fsp3) is 0.706. The van der Waals surface area contributed by atoms with Gasteiger partial charge in [-0.1, -0.05) is 0 Å². The number of hydrogen-bond donors (Lipinski definition) is 2. The number of carbonyl (C=O) groups is 1. The SMILES string of the molecule is CC(CN1CCCC1=O)Nc1cc(N2CCCCC2CO)ncn1. The van der Waals surface area contributed by atoms with E-state index in [-0.39, 0.29) is 24.6 Å². The van der Waals surface area contributed by atoms with Gasteiger partial charge < -0.3 is 20.2 Å². The number of aliphatic hydroxyl groups excluding tert-OH is 1. The Kier molecular flexibility index (Phi) is 5.50. The van der Waals surface area contributed by atoms with Gasteiger partial charge in [-0.25, -0.2) is 9.97 Å². The predicted octanol–water partition coefficient (Wildman–Crippen LogP) is 1.25. The summed E-state index contributed by atoms with van der Waals surface area (Å²) in [4.78, 5) is 24.5. The molecule has 24 heavy (non-hydrogen) atoms. The Hall–Kier alpha value is -1.89. The third kappa shape index (κ3) is 3.95. The maximum absolute atomic E-state index is 11.7. The number of nitrogens with one attached hydrogen (secondary N) is 1. The first-order chi connectivity index (χ1) is 11.7. The van der Waals surface area contributed by atoms with E-state index in [1.165, 1.54) is 0 Å². The molecule has 2 fully saturated rings. The highest BCUT2D eigenvalue weighted by Crippen LogP contribution is 2.24. The predicted molar refractivity (Wildman–Crippen MR) is 93.0 cm³/mol. The summed E-state index contributed by atoms with van der Waals surface area (Å²) in [5, 5.41) is 13.0. The first kappa shape index (κ1) is 17.0. The fourth-order valence-electron chi connectivity index (χ4n) is 3.60. The number of rotatable bonds is 6. The molecule has 1 aromatic rings. The molecule has 1 aromatic heterocycles. The lowest BCUT2D eigenvalue weighted by atomic mass is 10.0.